The molecule has 0 amide bonds. The summed E-state index contributed by atoms with van der Waals surface area (Å²) >= 11 is 28.5. The molecule has 6 rings (SSSR count). The van der Waals surface area contributed by atoms with Crippen LogP contribution in [0.4, 0.5) is 0 Å². The number of hydrazine groups is 6. The first kappa shape index (κ1) is 44.2. The first-order valence-electron chi connectivity index (χ1n) is 16.4. The van der Waals surface area contributed by atoms with Gasteiger partial charge in [0.05, 0.1) is 79.3 Å². The zero-order chi connectivity index (χ0) is 34.1. The predicted molar refractivity (Wildman–Crippen MR) is 205 cm³/mol. The maximum atomic E-state index is 5.34. The molecule has 22 heteroatoms. The fourth-order valence-electron chi connectivity index (χ4n) is 5.72. The summed E-state index contributed by atoms with van der Waals surface area (Å²) < 4.78 is 33.8. The van der Waals surface area contributed by atoms with E-state index in [4.69, 9.17) is 65.1 Å². The summed E-state index contributed by atoms with van der Waals surface area (Å²) in [5.41, 5.74) is 0. The normalized spacial score (nSPS) is 23.8. The van der Waals surface area contributed by atoms with Crippen LogP contribution in [0.1, 0.15) is 0 Å². The van der Waals surface area contributed by atoms with Crippen LogP contribution in [0.15, 0.2) is 0 Å². The topological polar surface area (TPSA) is 84.5 Å². The van der Waals surface area contributed by atoms with Crippen LogP contribution in [0.5, 0.6) is 0 Å². The summed E-state index contributed by atoms with van der Waals surface area (Å²) in [6, 6.07) is 0. The second-order valence-electron chi connectivity index (χ2n) is 11.1. The smallest absolute Gasteiger partial charge is 0.379 e. The summed E-state index contributed by atoms with van der Waals surface area (Å²) in [7, 11) is 0. The molecule has 6 fully saturated rings. The number of thiocarbonyl (C=S) groups is 3. The van der Waals surface area contributed by atoms with E-state index in [2.05, 4.69) is 67.9 Å². The van der Waals surface area contributed by atoms with Crippen LogP contribution < -0.4 is 0 Å². The number of thiol groups is 3. The van der Waals surface area contributed by atoms with Crippen molar-refractivity contribution in [3.05, 3.63) is 0 Å². The third-order valence-corrected chi connectivity index (χ3v) is 9.07. The maximum Gasteiger partial charge on any atom is 3.00 e. The van der Waals surface area contributed by atoms with Crippen LogP contribution in [0, 0.1) is 0 Å². The average molecular weight is 846 g/mol. The SMILES string of the molecule is S=C(S)N(N1CCOCC1)N1CCOCC1.S=C(S)N(N1CCOCC1)N1CCOCC1.S=C(S)N(N1CCOCC1)N1CCOCC1.[Fe+3]. The van der Waals surface area contributed by atoms with Crippen LogP contribution in [-0.4, -0.2) is 216 Å². The fraction of sp³-hybridized carbons (Fsp3) is 0.889. The molecule has 0 aliphatic carbocycles. The van der Waals surface area contributed by atoms with E-state index < -0.39 is 0 Å². The van der Waals surface area contributed by atoms with Gasteiger partial charge in [0.25, 0.3) is 0 Å². The van der Waals surface area contributed by atoms with E-state index in [1.807, 2.05) is 15.4 Å². The summed E-state index contributed by atoms with van der Waals surface area (Å²) in [5.74, 6) is 0. The Labute approximate surface area is 334 Å². The summed E-state index contributed by atoms with van der Waals surface area (Å²) in [6.07, 6.45) is 0. The Morgan fingerprint density at radius 3 is 0.551 bits per heavy atom. The predicted octanol–water partition coefficient (Wildman–Crippen LogP) is -0.01000. The van der Waals surface area contributed by atoms with Gasteiger partial charge < -0.3 is 28.4 Å². The molecule has 0 atom stereocenters. The molecule has 6 heterocycles. The van der Waals surface area contributed by atoms with Gasteiger partial charge in [0.1, 0.15) is 0 Å². The largest absolute Gasteiger partial charge is 3.00 e. The molecule has 0 N–H and O–H groups in total. The van der Waals surface area contributed by atoms with Crippen molar-refractivity contribution in [3.8, 4) is 0 Å². The van der Waals surface area contributed by atoms with Crippen LogP contribution in [-0.2, 0) is 45.5 Å². The molecule has 6 aliphatic heterocycles. The molecule has 0 aromatic rings. The van der Waals surface area contributed by atoms with E-state index in [1.54, 1.807) is 0 Å². The first-order chi connectivity index (χ1) is 23.4. The molecular formula is C27H51FeN9O6S6+3. The number of morpholine rings is 6. The molecule has 281 valence electrons. The molecule has 0 aromatic heterocycles. The van der Waals surface area contributed by atoms with E-state index in [9.17, 15) is 0 Å². The van der Waals surface area contributed by atoms with Gasteiger partial charge in [-0.2, -0.15) is 30.1 Å². The molecule has 15 nitrogen and oxygen atoms in total. The van der Waals surface area contributed by atoms with Gasteiger partial charge in [0.15, 0.2) is 13.0 Å². The Kier molecular flexibility index (Phi) is 22.5. The van der Waals surface area contributed by atoms with Gasteiger partial charge in [-0.15, -0.1) is 37.9 Å². The zero-order valence-corrected chi connectivity index (χ0v) is 34.1. The van der Waals surface area contributed by atoms with Crippen LogP contribution in [0.2, 0.25) is 0 Å². The number of hydrogen-bond donors (Lipinski definition) is 3. The van der Waals surface area contributed by atoms with Gasteiger partial charge in [-0.25, -0.2) is 15.4 Å². The third kappa shape index (κ3) is 14.8. The van der Waals surface area contributed by atoms with Gasteiger partial charge in [0.2, 0.25) is 0 Å². The van der Waals surface area contributed by atoms with Crippen molar-refractivity contribution >= 4 is 87.5 Å². The Balaban J connectivity index is 0.000000197. The number of nitrogens with zero attached hydrogens (tertiary/aromatic N) is 9. The fourth-order valence-corrected chi connectivity index (χ4v) is 7.17. The van der Waals surface area contributed by atoms with Crippen LogP contribution in [0.25, 0.3) is 0 Å². The Bertz CT molecular complexity index is 801. The molecule has 0 spiro atoms. The van der Waals surface area contributed by atoms with Gasteiger partial charge in [-0.05, 0) is 36.7 Å². The zero-order valence-electron chi connectivity index (χ0n) is 27.9. The van der Waals surface area contributed by atoms with Crippen LogP contribution >= 0.6 is 74.5 Å². The number of hydrogen-bond acceptors (Lipinski definition) is 15. The molecule has 0 aromatic carbocycles. The second-order valence-corrected chi connectivity index (χ2v) is 14.5. The van der Waals surface area contributed by atoms with Crippen molar-refractivity contribution < 1.29 is 45.5 Å². The van der Waals surface area contributed by atoms with Crippen molar-refractivity contribution in [2.45, 2.75) is 0 Å². The molecule has 1 radical (unpaired) electrons. The van der Waals surface area contributed by atoms with E-state index in [-0.39, 0.29) is 17.1 Å². The minimum Gasteiger partial charge on any atom is -0.379 e. The molecule has 0 unspecified atom stereocenters. The van der Waals surface area contributed by atoms with Crippen LogP contribution in [0.3, 0.4) is 0 Å². The summed E-state index contributed by atoms with van der Waals surface area (Å²) in [6.45, 7) is 19.3. The molecule has 0 bridgehead atoms. The Morgan fingerprint density at radius 2 is 0.449 bits per heavy atom. The van der Waals surface area contributed by atoms with Crippen molar-refractivity contribution in [2.75, 3.05) is 158 Å². The maximum absolute atomic E-state index is 5.34. The summed E-state index contributed by atoms with van der Waals surface area (Å²) in [4.78, 5) is 0. The number of rotatable bonds is 6. The Hall–Kier alpha value is 0.759. The van der Waals surface area contributed by atoms with E-state index in [0.717, 1.165) is 158 Å². The molecule has 0 saturated carbocycles. The van der Waals surface area contributed by atoms with Crippen molar-refractivity contribution in [1.29, 1.82) is 0 Å². The van der Waals surface area contributed by atoms with Gasteiger partial charge >= 0.3 is 17.1 Å². The van der Waals surface area contributed by atoms with E-state index >= 15 is 0 Å². The average Bonchev–Trinajstić information content (AvgIpc) is 3.12. The molecule has 49 heavy (non-hydrogen) atoms. The number of ether oxygens (including phenoxy) is 6. The van der Waals surface area contributed by atoms with Crippen molar-refractivity contribution in [2.24, 2.45) is 0 Å². The Morgan fingerprint density at radius 1 is 0.327 bits per heavy atom. The van der Waals surface area contributed by atoms with Gasteiger partial charge in [-0.3, -0.25) is 0 Å². The van der Waals surface area contributed by atoms with Crippen molar-refractivity contribution in [3.63, 3.8) is 0 Å². The minimum atomic E-state index is 0. The quantitative estimate of drug-likeness (QED) is 0.191. The summed E-state index contributed by atoms with van der Waals surface area (Å²) in [5, 5.41) is 19.1. The van der Waals surface area contributed by atoms with E-state index in [0.29, 0.717) is 13.0 Å². The van der Waals surface area contributed by atoms with Crippen molar-refractivity contribution in [1.82, 2.24) is 45.4 Å². The minimum absolute atomic E-state index is 0. The third-order valence-electron chi connectivity index (χ3n) is 8.05. The van der Waals surface area contributed by atoms with Gasteiger partial charge in [0, 0.05) is 78.5 Å². The molecule has 6 saturated heterocycles. The standard InChI is InChI=1S/3C9H17N3O2S2.Fe/c3*15-9(16)12(10-1-5-13-6-2-10)11-3-7-14-8-4-11;/h3*1-8H2,(H,15,16);/q;;;+3. The van der Waals surface area contributed by atoms with Gasteiger partial charge in [-0.1, -0.05) is 0 Å². The molecule has 6 aliphatic rings. The second kappa shape index (κ2) is 25.0. The first-order valence-corrected chi connectivity index (χ1v) is 19.0. The molecular weight excluding hydrogens is 795 g/mol. The van der Waals surface area contributed by atoms with E-state index in [1.165, 1.54) is 0 Å². The monoisotopic (exact) mass is 845 g/mol.